The van der Waals surface area contributed by atoms with Gasteiger partial charge in [-0.15, -0.1) is 0 Å². The highest BCUT2D eigenvalue weighted by Crippen LogP contribution is 2.38. The number of para-hydroxylation sites is 1. The van der Waals surface area contributed by atoms with E-state index in [1.807, 2.05) is 48.5 Å². The van der Waals surface area contributed by atoms with Crippen molar-refractivity contribution in [2.24, 2.45) is 0 Å². The first-order valence-corrected chi connectivity index (χ1v) is 10.6. The smallest absolute Gasteiger partial charge is 0.269 e. The molecule has 0 fully saturated rings. The minimum Gasteiger partial charge on any atom is -0.497 e. The van der Waals surface area contributed by atoms with E-state index < -0.39 is 0 Å². The van der Waals surface area contributed by atoms with E-state index in [-0.39, 0.29) is 5.91 Å². The van der Waals surface area contributed by atoms with Gasteiger partial charge in [-0.25, -0.2) is 4.98 Å². The molecule has 4 rings (SSSR count). The van der Waals surface area contributed by atoms with Crippen molar-refractivity contribution >= 4 is 27.7 Å². The van der Waals surface area contributed by atoms with Gasteiger partial charge in [-0.05, 0) is 36.8 Å². The lowest BCUT2D eigenvalue weighted by molar-refractivity contribution is 0.0948. The van der Waals surface area contributed by atoms with Crippen LogP contribution in [0.5, 0.6) is 11.5 Å². The maximum Gasteiger partial charge on any atom is 0.269 e. The number of amides is 1. The molecule has 0 spiro atoms. The molecule has 0 saturated heterocycles. The molecule has 0 aliphatic rings. The predicted molar refractivity (Wildman–Crippen MR) is 124 cm³/mol. The van der Waals surface area contributed by atoms with E-state index in [0.717, 1.165) is 46.6 Å². The number of rotatable bonds is 8. The zero-order valence-electron chi connectivity index (χ0n) is 18.1. The summed E-state index contributed by atoms with van der Waals surface area (Å²) in [6.07, 6.45) is 3.14. The van der Waals surface area contributed by atoms with Crippen molar-refractivity contribution in [2.45, 2.75) is 26.2 Å². The van der Waals surface area contributed by atoms with Gasteiger partial charge < -0.3 is 19.8 Å². The molecule has 0 atom stereocenters. The third-order valence-electron chi connectivity index (χ3n) is 5.46. The van der Waals surface area contributed by atoms with Crippen molar-refractivity contribution in [3.8, 4) is 22.8 Å². The van der Waals surface area contributed by atoms with Crippen LogP contribution in [0, 0.1) is 0 Å². The van der Waals surface area contributed by atoms with E-state index in [0.29, 0.717) is 29.4 Å². The molecule has 0 bridgehead atoms. The molecular weight excluding hydrogens is 390 g/mol. The zero-order chi connectivity index (χ0) is 21.8. The Morgan fingerprint density at radius 2 is 1.87 bits per heavy atom. The summed E-state index contributed by atoms with van der Waals surface area (Å²) < 4.78 is 11.0. The van der Waals surface area contributed by atoms with Crippen molar-refractivity contribution in [3.63, 3.8) is 0 Å². The molecule has 2 N–H and O–H groups in total. The van der Waals surface area contributed by atoms with E-state index in [1.54, 1.807) is 14.2 Å². The van der Waals surface area contributed by atoms with Gasteiger partial charge in [0.15, 0.2) is 0 Å². The molecule has 6 nitrogen and oxygen atoms in total. The van der Waals surface area contributed by atoms with E-state index >= 15 is 0 Å². The fourth-order valence-electron chi connectivity index (χ4n) is 3.82. The molecule has 1 amide bonds. The summed E-state index contributed by atoms with van der Waals surface area (Å²) in [4.78, 5) is 21.2. The van der Waals surface area contributed by atoms with E-state index in [2.05, 4.69) is 17.2 Å². The van der Waals surface area contributed by atoms with Crippen LogP contribution >= 0.6 is 0 Å². The van der Waals surface area contributed by atoms with E-state index in [4.69, 9.17) is 14.5 Å². The number of benzene rings is 2. The Morgan fingerprint density at radius 3 is 2.65 bits per heavy atom. The number of aromatic amines is 1. The molecule has 0 aliphatic heterocycles. The van der Waals surface area contributed by atoms with Gasteiger partial charge in [0, 0.05) is 28.4 Å². The molecule has 6 heteroatoms. The van der Waals surface area contributed by atoms with Crippen molar-refractivity contribution < 1.29 is 14.3 Å². The molecule has 2 aromatic carbocycles. The molecular formula is C25H27N3O3. The Balaban J connectivity index is 1.90. The highest BCUT2D eigenvalue weighted by atomic mass is 16.5. The van der Waals surface area contributed by atoms with Crippen molar-refractivity contribution in [3.05, 3.63) is 54.2 Å². The minimum absolute atomic E-state index is 0.175. The largest absolute Gasteiger partial charge is 0.497 e. The second-order valence-corrected chi connectivity index (χ2v) is 7.48. The number of unbranched alkanes of at least 4 members (excludes halogenated alkanes) is 2. The highest BCUT2D eigenvalue weighted by molar-refractivity contribution is 6.13. The predicted octanol–water partition coefficient (Wildman–Crippen LogP) is 5.32. The number of carbonyl (C=O) groups excluding carboxylic acids is 1. The van der Waals surface area contributed by atoms with Crippen LogP contribution in [0.15, 0.2) is 48.5 Å². The van der Waals surface area contributed by atoms with E-state index in [9.17, 15) is 4.79 Å². The summed E-state index contributed by atoms with van der Waals surface area (Å²) >= 11 is 0. The van der Waals surface area contributed by atoms with Crippen LogP contribution in [0.25, 0.3) is 33.1 Å². The molecule has 0 unspecified atom stereocenters. The van der Waals surface area contributed by atoms with Gasteiger partial charge in [0.1, 0.15) is 17.2 Å². The Morgan fingerprint density at radius 1 is 1.03 bits per heavy atom. The molecule has 4 aromatic rings. The third kappa shape index (κ3) is 4.06. The fraction of sp³-hybridized carbons (Fsp3) is 0.280. The minimum atomic E-state index is -0.175. The Bertz CT molecular complexity index is 1230. The first kappa shape index (κ1) is 20.7. The summed E-state index contributed by atoms with van der Waals surface area (Å²) in [5.74, 6) is 1.18. The first-order valence-electron chi connectivity index (χ1n) is 10.6. The number of methoxy groups -OCH3 is 2. The number of H-pyrrole nitrogens is 1. The van der Waals surface area contributed by atoms with Gasteiger partial charge in [0.25, 0.3) is 5.91 Å². The van der Waals surface area contributed by atoms with E-state index in [1.165, 1.54) is 0 Å². The van der Waals surface area contributed by atoms with Crippen LogP contribution < -0.4 is 14.8 Å². The van der Waals surface area contributed by atoms with Crippen LogP contribution in [-0.2, 0) is 0 Å². The lowest BCUT2D eigenvalue weighted by Gasteiger charge is -2.12. The topological polar surface area (TPSA) is 76.2 Å². The number of ether oxygens (including phenoxy) is 2. The van der Waals surface area contributed by atoms with Crippen LogP contribution in [0.3, 0.4) is 0 Å². The maximum absolute atomic E-state index is 12.9. The summed E-state index contributed by atoms with van der Waals surface area (Å²) in [6, 6.07) is 15.5. The molecule has 2 heterocycles. The second-order valence-electron chi connectivity index (χ2n) is 7.48. The van der Waals surface area contributed by atoms with Crippen molar-refractivity contribution in [1.82, 2.24) is 15.3 Å². The number of pyridine rings is 1. The molecule has 0 aliphatic carbocycles. The number of fused-ring (bicyclic) bond motifs is 3. The van der Waals surface area contributed by atoms with Crippen molar-refractivity contribution in [1.29, 1.82) is 0 Å². The van der Waals surface area contributed by atoms with Crippen LogP contribution in [0.1, 0.15) is 36.7 Å². The number of nitrogens with zero attached hydrogens (tertiary/aromatic N) is 1. The summed E-state index contributed by atoms with van der Waals surface area (Å²) in [7, 11) is 3.25. The lowest BCUT2D eigenvalue weighted by atomic mass is 10.0. The Kier molecular flexibility index (Phi) is 6.07. The van der Waals surface area contributed by atoms with Gasteiger partial charge in [-0.3, -0.25) is 4.79 Å². The second kappa shape index (κ2) is 9.08. The normalized spacial score (nSPS) is 11.1. The average molecular weight is 418 g/mol. The van der Waals surface area contributed by atoms with Crippen LogP contribution in [0.2, 0.25) is 0 Å². The molecule has 160 valence electrons. The Hall–Kier alpha value is -3.54. The molecule has 31 heavy (non-hydrogen) atoms. The first-order chi connectivity index (χ1) is 15.2. The van der Waals surface area contributed by atoms with Crippen molar-refractivity contribution in [2.75, 3.05) is 20.8 Å². The van der Waals surface area contributed by atoms with Crippen LogP contribution in [-0.4, -0.2) is 36.6 Å². The monoisotopic (exact) mass is 417 g/mol. The number of hydrogen-bond acceptors (Lipinski definition) is 4. The van der Waals surface area contributed by atoms with Gasteiger partial charge >= 0.3 is 0 Å². The Labute approximate surface area is 181 Å². The van der Waals surface area contributed by atoms with Gasteiger partial charge in [0.05, 0.1) is 25.4 Å². The third-order valence-corrected chi connectivity index (χ3v) is 5.46. The summed E-state index contributed by atoms with van der Waals surface area (Å²) in [5, 5.41) is 4.99. The fourth-order valence-corrected chi connectivity index (χ4v) is 3.82. The van der Waals surface area contributed by atoms with Gasteiger partial charge in [-0.2, -0.15) is 0 Å². The highest BCUT2D eigenvalue weighted by Gasteiger charge is 2.19. The standard InChI is InChI=1S/C25H27N3O3/c1-4-5-8-13-26-25(29)21-15-18-17-9-6-7-10-20(17)27-23(18)24(28-21)19-14-16(30-2)11-12-22(19)31-3/h6-7,9-12,14-15,27H,4-5,8,13H2,1-3H3,(H,26,29). The lowest BCUT2D eigenvalue weighted by Crippen LogP contribution is -2.25. The molecule has 0 saturated carbocycles. The van der Waals surface area contributed by atoms with Gasteiger partial charge in [-0.1, -0.05) is 38.0 Å². The van der Waals surface area contributed by atoms with Crippen LogP contribution in [0.4, 0.5) is 0 Å². The number of carbonyl (C=O) groups is 1. The van der Waals surface area contributed by atoms with Gasteiger partial charge in [0.2, 0.25) is 0 Å². The number of aromatic nitrogens is 2. The number of nitrogens with one attached hydrogen (secondary N) is 2. The summed E-state index contributed by atoms with van der Waals surface area (Å²) in [5.41, 5.74) is 3.65. The quantitative estimate of drug-likeness (QED) is 0.381. The SMILES string of the molecule is CCCCCNC(=O)c1cc2c([nH]c3ccccc32)c(-c2cc(OC)ccc2OC)n1. The maximum atomic E-state index is 12.9. The molecule has 0 radical (unpaired) electrons. The average Bonchev–Trinajstić information content (AvgIpc) is 3.19. The number of hydrogen-bond donors (Lipinski definition) is 2. The molecule has 2 aromatic heterocycles. The summed E-state index contributed by atoms with van der Waals surface area (Å²) in [6.45, 7) is 2.78. The zero-order valence-corrected chi connectivity index (χ0v) is 18.1.